The number of hydrogen-bond acceptors (Lipinski definition) is 0. The van der Waals surface area contributed by atoms with Gasteiger partial charge in [-0.3, -0.25) is 0 Å². The number of fused-ring (bicyclic) bond motifs is 2. The first-order valence-corrected chi connectivity index (χ1v) is 7.31. The van der Waals surface area contributed by atoms with Crippen molar-refractivity contribution in [3.8, 4) is 0 Å². The first-order valence-electron chi connectivity index (χ1n) is 6.49. The molecule has 1 fully saturated rings. The SMILES string of the molecule is ClC1=CC(Cl)CC2=C1[C@H]1CCCC[C@H]1CC2. The summed E-state index contributed by atoms with van der Waals surface area (Å²) < 4.78 is 0. The molecule has 0 bridgehead atoms. The number of halogens is 2. The van der Waals surface area contributed by atoms with E-state index in [0.29, 0.717) is 0 Å². The highest BCUT2D eigenvalue weighted by Crippen LogP contribution is 2.49. The lowest BCUT2D eigenvalue weighted by Crippen LogP contribution is -2.28. The molecule has 2 heteroatoms. The van der Waals surface area contributed by atoms with Crippen molar-refractivity contribution < 1.29 is 0 Å². The average molecular weight is 257 g/mol. The Morgan fingerprint density at radius 1 is 1.12 bits per heavy atom. The first kappa shape index (κ1) is 11.2. The van der Waals surface area contributed by atoms with Crippen LogP contribution in [0.15, 0.2) is 22.3 Å². The molecule has 0 amide bonds. The summed E-state index contributed by atoms with van der Waals surface area (Å²) in [5.74, 6) is 1.66. The van der Waals surface area contributed by atoms with Crippen molar-refractivity contribution in [1.82, 2.24) is 0 Å². The van der Waals surface area contributed by atoms with Crippen LogP contribution in [0.25, 0.3) is 0 Å². The monoisotopic (exact) mass is 256 g/mol. The fourth-order valence-electron chi connectivity index (χ4n) is 3.79. The van der Waals surface area contributed by atoms with Crippen LogP contribution < -0.4 is 0 Å². The molecule has 16 heavy (non-hydrogen) atoms. The fourth-order valence-corrected chi connectivity index (χ4v) is 4.59. The molecule has 0 heterocycles. The van der Waals surface area contributed by atoms with Crippen LogP contribution in [0, 0.1) is 11.8 Å². The molecular weight excluding hydrogens is 239 g/mol. The summed E-state index contributed by atoms with van der Waals surface area (Å²) in [5.41, 5.74) is 3.06. The Morgan fingerprint density at radius 3 is 2.81 bits per heavy atom. The zero-order valence-corrected chi connectivity index (χ0v) is 11.0. The molecule has 0 spiro atoms. The van der Waals surface area contributed by atoms with Gasteiger partial charge in [0.1, 0.15) is 0 Å². The average Bonchev–Trinajstić information content (AvgIpc) is 2.28. The van der Waals surface area contributed by atoms with Crippen LogP contribution in [0.1, 0.15) is 44.9 Å². The Hall–Kier alpha value is 0.0600. The highest BCUT2D eigenvalue weighted by molar-refractivity contribution is 6.33. The second-order valence-corrected chi connectivity index (χ2v) is 6.41. The van der Waals surface area contributed by atoms with Gasteiger partial charge in [-0.15, -0.1) is 11.6 Å². The molecule has 0 aliphatic heterocycles. The molecule has 1 unspecified atom stereocenters. The van der Waals surface area contributed by atoms with Crippen molar-refractivity contribution in [3.05, 3.63) is 22.3 Å². The normalized spacial score (nSPS) is 38.9. The molecule has 3 atom stereocenters. The molecule has 0 nitrogen and oxygen atoms in total. The second-order valence-electron chi connectivity index (χ2n) is 5.44. The van der Waals surface area contributed by atoms with Crippen molar-refractivity contribution in [3.63, 3.8) is 0 Å². The highest BCUT2D eigenvalue weighted by Gasteiger charge is 2.36. The molecule has 3 aliphatic carbocycles. The van der Waals surface area contributed by atoms with E-state index in [2.05, 4.69) is 6.08 Å². The molecule has 3 aliphatic rings. The summed E-state index contributed by atoms with van der Waals surface area (Å²) in [5, 5.41) is 1.10. The smallest absolute Gasteiger partial charge is 0.0570 e. The first-order chi connectivity index (χ1) is 7.75. The second kappa shape index (κ2) is 4.38. The number of allylic oxidation sites excluding steroid dienone is 4. The van der Waals surface area contributed by atoms with Gasteiger partial charge in [0.2, 0.25) is 0 Å². The summed E-state index contributed by atoms with van der Waals surface area (Å²) >= 11 is 12.6. The summed E-state index contributed by atoms with van der Waals surface area (Å²) in [6.45, 7) is 0. The van der Waals surface area contributed by atoms with Crippen LogP contribution in [0.2, 0.25) is 0 Å². The number of alkyl halides is 1. The molecule has 0 aromatic rings. The van der Waals surface area contributed by atoms with Crippen LogP contribution in [-0.4, -0.2) is 5.38 Å². The van der Waals surface area contributed by atoms with Gasteiger partial charge >= 0.3 is 0 Å². The van der Waals surface area contributed by atoms with Crippen molar-refractivity contribution >= 4 is 23.2 Å². The van der Waals surface area contributed by atoms with E-state index in [0.717, 1.165) is 23.3 Å². The third-order valence-electron chi connectivity index (χ3n) is 4.50. The predicted molar refractivity (Wildman–Crippen MR) is 69.9 cm³/mol. The van der Waals surface area contributed by atoms with Crippen LogP contribution in [-0.2, 0) is 0 Å². The summed E-state index contributed by atoms with van der Waals surface area (Å²) in [7, 11) is 0. The zero-order valence-electron chi connectivity index (χ0n) is 9.52. The molecule has 88 valence electrons. The van der Waals surface area contributed by atoms with Crippen LogP contribution in [0.5, 0.6) is 0 Å². The zero-order chi connectivity index (χ0) is 11.1. The van der Waals surface area contributed by atoms with Gasteiger partial charge in [-0.25, -0.2) is 0 Å². The van der Waals surface area contributed by atoms with Gasteiger partial charge in [-0.05, 0) is 55.6 Å². The van der Waals surface area contributed by atoms with Gasteiger partial charge in [0.15, 0.2) is 0 Å². The van der Waals surface area contributed by atoms with Gasteiger partial charge in [0.25, 0.3) is 0 Å². The van der Waals surface area contributed by atoms with Crippen molar-refractivity contribution in [2.75, 3.05) is 0 Å². The number of hydrogen-bond donors (Lipinski definition) is 0. The Balaban J connectivity index is 1.95. The van der Waals surface area contributed by atoms with E-state index >= 15 is 0 Å². The van der Waals surface area contributed by atoms with Crippen molar-refractivity contribution in [1.29, 1.82) is 0 Å². The third kappa shape index (κ3) is 1.84. The molecule has 0 N–H and O–H groups in total. The van der Waals surface area contributed by atoms with Gasteiger partial charge in [-0.2, -0.15) is 0 Å². The van der Waals surface area contributed by atoms with Gasteiger partial charge < -0.3 is 0 Å². The van der Waals surface area contributed by atoms with Crippen molar-refractivity contribution in [2.45, 2.75) is 50.3 Å². The Kier molecular flexibility index (Phi) is 3.06. The molecule has 0 aromatic carbocycles. The van der Waals surface area contributed by atoms with E-state index in [9.17, 15) is 0 Å². The quantitative estimate of drug-likeness (QED) is 0.535. The summed E-state index contributed by atoms with van der Waals surface area (Å²) in [6, 6.07) is 0. The molecular formula is C14H18Cl2. The largest absolute Gasteiger partial charge is 0.118 e. The van der Waals surface area contributed by atoms with E-state index in [4.69, 9.17) is 23.2 Å². The molecule has 0 radical (unpaired) electrons. The van der Waals surface area contributed by atoms with Gasteiger partial charge in [0, 0.05) is 5.03 Å². The van der Waals surface area contributed by atoms with E-state index in [1.165, 1.54) is 44.1 Å². The summed E-state index contributed by atoms with van der Waals surface area (Å²) in [6.07, 6.45) is 11.3. The molecule has 3 rings (SSSR count). The fraction of sp³-hybridized carbons (Fsp3) is 0.714. The standard InChI is InChI=1S/C14H18Cl2/c15-11-7-10-6-5-9-3-1-2-4-12(9)14(10)13(16)8-11/h8-9,11-12H,1-7H2/t9-,11?,12-/m0/s1. The van der Waals surface area contributed by atoms with Gasteiger partial charge in [0.05, 0.1) is 5.38 Å². The van der Waals surface area contributed by atoms with Crippen molar-refractivity contribution in [2.24, 2.45) is 11.8 Å². The van der Waals surface area contributed by atoms with E-state index in [1.807, 2.05) is 0 Å². The van der Waals surface area contributed by atoms with Crippen LogP contribution >= 0.6 is 23.2 Å². The Morgan fingerprint density at radius 2 is 1.94 bits per heavy atom. The lowest BCUT2D eigenvalue weighted by Gasteiger charge is -2.40. The van der Waals surface area contributed by atoms with Crippen LogP contribution in [0.4, 0.5) is 0 Å². The Bertz CT molecular complexity index is 354. The molecule has 1 saturated carbocycles. The molecule has 0 saturated heterocycles. The third-order valence-corrected chi connectivity index (χ3v) is 5.11. The topological polar surface area (TPSA) is 0 Å². The highest BCUT2D eigenvalue weighted by atomic mass is 35.5. The lowest BCUT2D eigenvalue weighted by molar-refractivity contribution is 0.242. The van der Waals surface area contributed by atoms with E-state index < -0.39 is 0 Å². The van der Waals surface area contributed by atoms with E-state index in [-0.39, 0.29) is 5.38 Å². The minimum Gasteiger partial charge on any atom is -0.118 e. The predicted octanol–water partition coefficient (Wildman–Crippen LogP) is 5.02. The van der Waals surface area contributed by atoms with Crippen LogP contribution in [0.3, 0.4) is 0 Å². The van der Waals surface area contributed by atoms with E-state index in [1.54, 1.807) is 5.57 Å². The maximum atomic E-state index is 6.42. The minimum atomic E-state index is 0.131. The number of rotatable bonds is 0. The minimum absolute atomic E-state index is 0.131. The molecule has 0 aromatic heterocycles. The van der Waals surface area contributed by atoms with Gasteiger partial charge in [-0.1, -0.05) is 30.0 Å². The Labute approximate surface area is 108 Å². The summed E-state index contributed by atoms with van der Waals surface area (Å²) in [4.78, 5) is 0. The maximum Gasteiger partial charge on any atom is 0.0570 e. The lowest BCUT2D eigenvalue weighted by atomic mass is 9.66. The maximum absolute atomic E-state index is 6.42.